The summed E-state index contributed by atoms with van der Waals surface area (Å²) in [5.74, 6) is 1.90. The summed E-state index contributed by atoms with van der Waals surface area (Å²) in [6.45, 7) is 11.5. The molecule has 0 aliphatic heterocycles. The SMILES string of the molecule is CCNC(=NCc1c(C)nn(C)c1C)NCCCn1c(C)nc2ccccc21. The predicted octanol–water partition coefficient (Wildman–Crippen LogP) is 2.84. The molecular formula is C21H31N7. The number of nitrogens with one attached hydrogen (secondary N) is 2. The number of fused-ring (bicyclic) bond motifs is 1. The molecule has 3 rings (SSSR count). The molecule has 7 nitrogen and oxygen atoms in total. The summed E-state index contributed by atoms with van der Waals surface area (Å²) in [5, 5.41) is 11.2. The van der Waals surface area contributed by atoms with Gasteiger partial charge in [0.05, 0.1) is 23.3 Å². The number of para-hydroxylation sites is 2. The van der Waals surface area contributed by atoms with Crippen molar-refractivity contribution in [3.05, 3.63) is 47.0 Å². The Morgan fingerprint density at radius 2 is 1.93 bits per heavy atom. The molecule has 0 spiro atoms. The summed E-state index contributed by atoms with van der Waals surface area (Å²) in [6, 6.07) is 8.30. The topological polar surface area (TPSA) is 72.1 Å². The highest BCUT2D eigenvalue weighted by atomic mass is 15.3. The molecule has 0 atom stereocenters. The van der Waals surface area contributed by atoms with Crippen LogP contribution in [-0.4, -0.2) is 38.4 Å². The smallest absolute Gasteiger partial charge is 0.191 e. The molecule has 3 aromatic rings. The van der Waals surface area contributed by atoms with Gasteiger partial charge in [-0.05, 0) is 46.2 Å². The Kier molecular flexibility index (Phi) is 6.34. The van der Waals surface area contributed by atoms with E-state index in [-0.39, 0.29) is 0 Å². The third kappa shape index (κ3) is 4.35. The zero-order valence-corrected chi connectivity index (χ0v) is 17.6. The van der Waals surface area contributed by atoms with Crippen molar-refractivity contribution in [1.82, 2.24) is 30.0 Å². The number of imidazole rings is 1. The lowest BCUT2D eigenvalue weighted by atomic mass is 10.2. The summed E-state index contributed by atoms with van der Waals surface area (Å²) in [5.41, 5.74) is 5.66. The first kappa shape index (κ1) is 19.9. The van der Waals surface area contributed by atoms with Crippen molar-refractivity contribution < 1.29 is 0 Å². The maximum atomic E-state index is 4.74. The van der Waals surface area contributed by atoms with E-state index < -0.39 is 0 Å². The van der Waals surface area contributed by atoms with E-state index in [0.717, 1.165) is 49.0 Å². The molecule has 1 aromatic carbocycles. The van der Waals surface area contributed by atoms with E-state index in [1.807, 2.05) is 24.7 Å². The molecule has 2 N–H and O–H groups in total. The van der Waals surface area contributed by atoms with E-state index in [2.05, 4.69) is 64.3 Å². The first-order valence-corrected chi connectivity index (χ1v) is 9.94. The van der Waals surface area contributed by atoms with Gasteiger partial charge >= 0.3 is 0 Å². The minimum absolute atomic E-state index is 0.631. The van der Waals surface area contributed by atoms with Gasteiger partial charge in [0.25, 0.3) is 0 Å². The summed E-state index contributed by atoms with van der Waals surface area (Å²) in [4.78, 5) is 9.38. The second-order valence-corrected chi connectivity index (χ2v) is 7.05. The Morgan fingerprint density at radius 3 is 2.64 bits per heavy atom. The number of hydrogen-bond acceptors (Lipinski definition) is 3. The highest BCUT2D eigenvalue weighted by molar-refractivity contribution is 5.79. The van der Waals surface area contributed by atoms with Crippen molar-refractivity contribution in [2.75, 3.05) is 13.1 Å². The number of benzene rings is 1. The van der Waals surface area contributed by atoms with Crippen LogP contribution in [0.4, 0.5) is 0 Å². The molecule has 0 amide bonds. The van der Waals surface area contributed by atoms with Gasteiger partial charge in [-0.15, -0.1) is 0 Å². The minimum atomic E-state index is 0.631. The van der Waals surface area contributed by atoms with E-state index in [4.69, 9.17) is 4.99 Å². The first-order chi connectivity index (χ1) is 13.5. The zero-order chi connectivity index (χ0) is 20.1. The maximum Gasteiger partial charge on any atom is 0.191 e. The number of hydrogen-bond donors (Lipinski definition) is 2. The molecule has 0 aliphatic carbocycles. The lowest BCUT2D eigenvalue weighted by Gasteiger charge is -2.12. The van der Waals surface area contributed by atoms with Gasteiger partial charge in [0, 0.05) is 37.9 Å². The second kappa shape index (κ2) is 8.91. The molecule has 0 radical (unpaired) electrons. The number of aryl methyl sites for hydroxylation is 4. The molecule has 0 bridgehead atoms. The van der Waals surface area contributed by atoms with Gasteiger partial charge in [-0.2, -0.15) is 5.10 Å². The first-order valence-electron chi connectivity index (χ1n) is 9.94. The zero-order valence-electron chi connectivity index (χ0n) is 17.6. The van der Waals surface area contributed by atoms with Crippen LogP contribution in [0.5, 0.6) is 0 Å². The van der Waals surface area contributed by atoms with Gasteiger partial charge < -0.3 is 15.2 Å². The fourth-order valence-corrected chi connectivity index (χ4v) is 3.47. The number of rotatable bonds is 7. The number of guanidine groups is 1. The molecule has 0 unspecified atom stereocenters. The normalized spacial score (nSPS) is 12.0. The van der Waals surface area contributed by atoms with Crippen LogP contribution in [0.1, 0.15) is 36.1 Å². The summed E-state index contributed by atoms with van der Waals surface area (Å²) < 4.78 is 4.20. The Morgan fingerprint density at radius 1 is 1.14 bits per heavy atom. The van der Waals surface area contributed by atoms with Crippen LogP contribution in [0.15, 0.2) is 29.3 Å². The van der Waals surface area contributed by atoms with Gasteiger partial charge in [0.15, 0.2) is 5.96 Å². The van der Waals surface area contributed by atoms with E-state index in [0.29, 0.717) is 6.54 Å². The van der Waals surface area contributed by atoms with Crippen LogP contribution in [0.25, 0.3) is 11.0 Å². The Labute approximate surface area is 166 Å². The van der Waals surface area contributed by atoms with Crippen molar-refractivity contribution in [1.29, 1.82) is 0 Å². The third-order valence-electron chi connectivity index (χ3n) is 5.09. The summed E-state index contributed by atoms with van der Waals surface area (Å²) in [6.07, 6.45) is 0.997. The van der Waals surface area contributed by atoms with Gasteiger partial charge in [-0.3, -0.25) is 4.68 Å². The van der Waals surface area contributed by atoms with Crippen LogP contribution in [-0.2, 0) is 20.1 Å². The van der Waals surface area contributed by atoms with Crippen LogP contribution in [0.3, 0.4) is 0 Å². The second-order valence-electron chi connectivity index (χ2n) is 7.05. The van der Waals surface area contributed by atoms with Crippen molar-refractivity contribution in [2.24, 2.45) is 12.0 Å². The van der Waals surface area contributed by atoms with Gasteiger partial charge in [0.2, 0.25) is 0 Å². The highest BCUT2D eigenvalue weighted by Crippen LogP contribution is 2.15. The van der Waals surface area contributed by atoms with E-state index >= 15 is 0 Å². The third-order valence-corrected chi connectivity index (χ3v) is 5.09. The number of nitrogens with zero attached hydrogens (tertiary/aromatic N) is 5. The molecule has 0 aliphatic rings. The highest BCUT2D eigenvalue weighted by Gasteiger charge is 2.09. The largest absolute Gasteiger partial charge is 0.357 e. The molecular weight excluding hydrogens is 350 g/mol. The van der Waals surface area contributed by atoms with Crippen LogP contribution in [0, 0.1) is 20.8 Å². The molecule has 0 saturated heterocycles. The minimum Gasteiger partial charge on any atom is -0.357 e. The standard InChI is InChI=1S/C21H31N7/c1-6-22-21(24-14-18-15(2)26-27(5)16(18)3)23-12-9-13-28-17(4)25-19-10-7-8-11-20(19)28/h7-8,10-11H,6,9,12-14H2,1-5H3,(H2,22,23,24). The van der Waals surface area contributed by atoms with Gasteiger partial charge in [-0.1, -0.05) is 12.1 Å². The van der Waals surface area contributed by atoms with Crippen molar-refractivity contribution in [3.8, 4) is 0 Å². The molecule has 2 aromatic heterocycles. The van der Waals surface area contributed by atoms with Crippen LogP contribution in [0.2, 0.25) is 0 Å². The molecule has 2 heterocycles. The quantitative estimate of drug-likeness (QED) is 0.375. The Hall–Kier alpha value is -2.83. The van der Waals surface area contributed by atoms with E-state index in [1.54, 1.807) is 0 Å². The average Bonchev–Trinajstić information content (AvgIpc) is 3.12. The van der Waals surface area contributed by atoms with Crippen molar-refractivity contribution in [2.45, 2.75) is 47.2 Å². The molecule has 7 heteroatoms. The maximum absolute atomic E-state index is 4.74. The Balaban J connectivity index is 1.58. The number of aliphatic imine (C=N–C) groups is 1. The van der Waals surface area contributed by atoms with Crippen LogP contribution < -0.4 is 10.6 Å². The van der Waals surface area contributed by atoms with Crippen molar-refractivity contribution in [3.63, 3.8) is 0 Å². The summed E-state index contributed by atoms with van der Waals surface area (Å²) >= 11 is 0. The lowest BCUT2D eigenvalue weighted by molar-refractivity contribution is 0.624. The van der Waals surface area contributed by atoms with Gasteiger partial charge in [0.1, 0.15) is 5.82 Å². The van der Waals surface area contributed by atoms with E-state index in [9.17, 15) is 0 Å². The fourth-order valence-electron chi connectivity index (χ4n) is 3.47. The Bertz CT molecular complexity index is 965. The monoisotopic (exact) mass is 381 g/mol. The van der Waals surface area contributed by atoms with E-state index in [1.165, 1.54) is 16.8 Å². The predicted molar refractivity (Wildman–Crippen MR) is 115 cm³/mol. The molecule has 150 valence electrons. The lowest BCUT2D eigenvalue weighted by Crippen LogP contribution is -2.38. The van der Waals surface area contributed by atoms with Crippen LogP contribution >= 0.6 is 0 Å². The fraction of sp³-hybridized carbons (Fsp3) is 0.476. The number of aromatic nitrogens is 4. The van der Waals surface area contributed by atoms with Gasteiger partial charge in [-0.25, -0.2) is 9.98 Å². The summed E-state index contributed by atoms with van der Waals surface area (Å²) in [7, 11) is 1.97. The molecule has 0 saturated carbocycles. The molecule has 28 heavy (non-hydrogen) atoms. The average molecular weight is 382 g/mol. The van der Waals surface area contributed by atoms with Crippen molar-refractivity contribution >= 4 is 17.0 Å². The molecule has 0 fully saturated rings.